The highest BCUT2D eigenvalue weighted by Crippen LogP contribution is 2.41. The largest absolute Gasteiger partial charge is 0.446 e. The van der Waals surface area contributed by atoms with Crippen LogP contribution >= 0.6 is 11.6 Å². The first-order valence-electron chi connectivity index (χ1n) is 10.6. The van der Waals surface area contributed by atoms with E-state index < -0.39 is 41.5 Å². The van der Waals surface area contributed by atoms with Gasteiger partial charge in [0.1, 0.15) is 11.9 Å². The van der Waals surface area contributed by atoms with Gasteiger partial charge in [-0.2, -0.15) is 18.3 Å². The number of benzene rings is 1. The van der Waals surface area contributed by atoms with Crippen LogP contribution in [0.4, 0.5) is 22.4 Å². The van der Waals surface area contributed by atoms with E-state index in [1.165, 1.54) is 38.2 Å². The molecule has 0 bridgehead atoms. The molecule has 1 fully saturated rings. The zero-order chi connectivity index (χ0) is 24.8. The summed E-state index contributed by atoms with van der Waals surface area (Å²) in [5.74, 6) is -0.697. The molecule has 2 aromatic heterocycles. The lowest BCUT2D eigenvalue weighted by Crippen LogP contribution is -2.30. The lowest BCUT2D eigenvalue weighted by Gasteiger charge is -2.25. The van der Waals surface area contributed by atoms with Crippen LogP contribution in [0.15, 0.2) is 36.7 Å². The third-order valence-corrected chi connectivity index (χ3v) is 5.82. The number of carbonyl (C=O) groups is 1. The van der Waals surface area contributed by atoms with Crippen molar-refractivity contribution in [2.45, 2.75) is 57.5 Å². The van der Waals surface area contributed by atoms with E-state index in [0.717, 1.165) is 23.3 Å². The number of aliphatic hydroxyl groups is 1. The minimum atomic E-state index is -4.86. The summed E-state index contributed by atoms with van der Waals surface area (Å²) >= 11 is 6.16. The van der Waals surface area contributed by atoms with Crippen molar-refractivity contribution in [3.8, 4) is 22.4 Å². The van der Waals surface area contributed by atoms with Crippen molar-refractivity contribution in [2.75, 3.05) is 0 Å². The molecule has 1 aromatic carbocycles. The Kier molecular flexibility index (Phi) is 6.24. The highest BCUT2D eigenvalue weighted by atomic mass is 35.5. The maximum absolute atomic E-state index is 14.6. The van der Waals surface area contributed by atoms with Gasteiger partial charge in [0, 0.05) is 22.9 Å². The second kappa shape index (κ2) is 8.74. The Hall–Kier alpha value is -2.85. The van der Waals surface area contributed by atoms with Gasteiger partial charge in [0.25, 0.3) is 0 Å². The molecular weight excluding hydrogens is 478 g/mol. The van der Waals surface area contributed by atoms with Crippen molar-refractivity contribution in [3.05, 3.63) is 53.2 Å². The molecule has 0 spiro atoms. The second-order valence-corrected chi connectivity index (χ2v) is 9.30. The minimum absolute atomic E-state index is 0.0323. The van der Waals surface area contributed by atoms with Crippen molar-refractivity contribution in [3.63, 3.8) is 0 Å². The number of carbonyl (C=O) groups excluding carboxylic acids is 1. The predicted molar refractivity (Wildman–Crippen MR) is 117 cm³/mol. The molecule has 2 heterocycles. The van der Waals surface area contributed by atoms with Crippen molar-refractivity contribution < 1.29 is 32.2 Å². The molecule has 6 nitrogen and oxygen atoms in total. The van der Waals surface area contributed by atoms with Crippen LogP contribution in [0.3, 0.4) is 0 Å². The predicted octanol–water partition coefficient (Wildman–Crippen LogP) is 6.14. The normalized spacial score (nSPS) is 14.8. The molecule has 3 aromatic rings. The molecule has 0 saturated heterocycles. The van der Waals surface area contributed by atoms with Crippen molar-refractivity contribution >= 4 is 17.7 Å². The molecule has 0 aliphatic heterocycles. The van der Waals surface area contributed by atoms with Gasteiger partial charge in [-0.05, 0) is 51.3 Å². The van der Waals surface area contributed by atoms with Crippen molar-refractivity contribution in [1.29, 1.82) is 0 Å². The topological polar surface area (TPSA) is 69.3 Å². The summed E-state index contributed by atoms with van der Waals surface area (Å²) in [6.45, 7) is 2.26. The molecule has 0 amide bonds. The summed E-state index contributed by atoms with van der Waals surface area (Å²) < 4.78 is 63.9. The fraction of sp³-hybridized carbons (Fsp3) is 0.391. The number of halogens is 5. The van der Waals surface area contributed by atoms with Crippen LogP contribution in [-0.2, 0) is 17.5 Å². The molecule has 0 radical (unpaired) electrons. The Morgan fingerprint density at radius 3 is 2.56 bits per heavy atom. The van der Waals surface area contributed by atoms with E-state index in [0.29, 0.717) is 17.5 Å². The van der Waals surface area contributed by atoms with Crippen LogP contribution < -0.4 is 0 Å². The average molecular weight is 500 g/mol. The van der Waals surface area contributed by atoms with Gasteiger partial charge in [-0.3, -0.25) is 9.25 Å². The van der Waals surface area contributed by atoms with E-state index >= 15 is 0 Å². The summed E-state index contributed by atoms with van der Waals surface area (Å²) in [6.07, 6.45) is -1.71. The second-order valence-electron chi connectivity index (χ2n) is 8.89. The van der Waals surface area contributed by atoms with Gasteiger partial charge >= 0.3 is 12.3 Å². The maximum Gasteiger partial charge on any atom is 0.433 e. The quantitative estimate of drug-likeness (QED) is 0.428. The Morgan fingerprint density at radius 1 is 1.29 bits per heavy atom. The van der Waals surface area contributed by atoms with Crippen molar-refractivity contribution in [1.82, 2.24) is 14.3 Å². The molecule has 4 rings (SSSR count). The van der Waals surface area contributed by atoms with Gasteiger partial charge in [-0.1, -0.05) is 17.7 Å². The monoisotopic (exact) mass is 499 g/mol. The maximum atomic E-state index is 14.6. The fourth-order valence-electron chi connectivity index (χ4n) is 3.78. The van der Waals surface area contributed by atoms with E-state index in [9.17, 15) is 27.5 Å². The Morgan fingerprint density at radius 2 is 2.00 bits per heavy atom. The molecule has 1 saturated carbocycles. The van der Waals surface area contributed by atoms with Crippen LogP contribution in [0.1, 0.15) is 38.8 Å². The van der Waals surface area contributed by atoms with Crippen LogP contribution in [-0.4, -0.2) is 37.3 Å². The van der Waals surface area contributed by atoms with Crippen LogP contribution in [0, 0.1) is 5.82 Å². The highest BCUT2D eigenvalue weighted by molar-refractivity contribution is 6.33. The number of alkyl halides is 3. The van der Waals surface area contributed by atoms with E-state index in [4.69, 9.17) is 16.3 Å². The Bertz CT molecular complexity index is 1200. The van der Waals surface area contributed by atoms with E-state index in [1.54, 1.807) is 0 Å². The van der Waals surface area contributed by atoms with Gasteiger partial charge in [-0.15, -0.1) is 0 Å². The zero-order valence-corrected chi connectivity index (χ0v) is 19.1. The fourth-order valence-corrected chi connectivity index (χ4v) is 4.05. The molecular formula is C23H22ClF4N3O3. The summed E-state index contributed by atoms with van der Waals surface area (Å²) in [5.41, 5.74) is -3.20. The van der Waals surface area contributed by atoms with E-state index in [2.05, 4.69) is 5.10 Å². The smallest absolute Gasteiger partial charge is 0.433 e. The molecule has 34 heavy (non-hydrogen) atoms. The van der Waals surface area contributed by atoms with Crippen LogP contribution in [0.25, 0.3) is 22.4 Å². The zero-order valence-electron chi connectivity index (χ0n) is 18.4. The number of aromatic nitrogens is 3. The summed E-state index contributed by atoms with van der Waals surface area (Å²) in [7, 11) is 0. The Balaban J connectivity index is 1.90. The van der Waals surface area contributed by atoms with Crippen LogP contribution in [0.2, 0.25) is 5.02 Å². The van der Waals surface area contributed by atoms with Gasteiger partial charge in [0.15, 0.2) is 5.69 Å². The third-order valence-electron chi connectivity index (χ3n) is 5.51. The molecule has 1 aliphatic rings. The SMILES string of the molecule is CC(C)(O)Cn1ncc(-c2cc(-c3c(F)cccc3Cl)cn2C(=O)OC2CCC2)c1C(F)(F)F. The summed E-state index contributed by atoms with van der Waals surface area (Å²) in [4.78, 5) is 12.9. The molecule has 0 atom stereocenters. The number of hydrogen-bond acceptors (Lipinski definition) is 4. The molecule has 11 heteroatoms. The van der Waals surface area contributed by atoms with Gasteiger partial charge in [0.05, 0.1) is 29.1 Å². The van der Waals surface area contributed by atoms with Crippen molar-refractivity contribution in [2.24, 2.45) is 0 Å². The highest BCUT2D eigenvalue weighted by Gasteiger charge is 2.41. The number of ether oxygens (including phenoxy) is 1. The van der Waals surface area contributed by atoms with Gasteiger partial charge in [-0.25, -0.2) is 9.18 Å². The summed E-state index contributed by atoms with van der Waals surface area (Å²) in [5, 5.41) is 13.9. The van der Waals surface area contributed by atoms with Gasteiger partial charge < -0.3 is 9.84 Å². The Labute approximate surface area is 197 Å². The standard InChI is InChI=1S/C23H22ClF4N3O3/c1-22(2,33)12-31-20(23(26,27)28)15(10-29-31)18-9-13(19-16(24)7-4-8-17(19)25)11-30(18)21(32)34-14-5-3-6-14/h4,7-11,14,33H,3,5-6,12H2,1-2H3. The van der Waals surface area contributed by atoms with Gasteiger partial charge in [0.2, 0.25) is 0 Å². The first-order valence-corrected chi connectivity index (χ1v) is 11.0. The number of nitrogens with zero attached hydrogens (tertiary/aromatic N) is 3. The average Bonchev–Trinajstić information content (AvgIpc) is 3.27. The molecule has 0 unspecified atom stereocenters. The first-order chi connectivity index (χ1) is 15.8. The lowest BCUT2D eigenvalue weighted by atomic mass is 9.96. The minimum Gasteiger partial charge on any atom is -0.446 e. The van der Waals surface area contributed by atoms with E-state index in [1.807, 2.05) is 0 Å². The number of rotatable bonds is 5. The third kappa shape index (κ3) is 4.83. The molecule has 1 aliphatic carbocycles. The summed E-state index contributed by atoms with van der Waals surface area (Å²) in [6, 6.07) is 5.24. The lowest BCUT2D eigenvalue weighted by molar-refractivity contribution is -0.144. The van der Waals surface area contributed by atoms with Crippen LogP contribution in [0.5, 0.6) is 0 Å². The number of hydrogen-bond donors (Lipinski definition) is 1. The molecule has 182 valence electrons. The first kappa shape index (κ1) is 24.3. The van der Waals surface area contributed by atoms with E-state index in [-0.39, 0.29) is 27.9 Å². The molecule has 1 N–H and O–H groups in total.